The Bertz CT molecular complexity index is 735. The summed E-state index contributed by atoms with van der Waals surface area (Å²) in [4.78, 5) is 38.7. The summed E-state index contributed by atoms with van der Waals surface area (Å²) in [6, 6.07) is 3.47. The van der Waals surface area contributed by atoms with E-state index in [1.54, 1.807) is 28.7 Å². The van der Waals surface area contributed by atoms with E-state index >= 15 is 0 Å². The molecule has 1 amide bonds. The standard InChI is InChI=1S/C20H30N2O5/c1-6-21-10-8-14(12-17(21)23)15-9-11-22(19(25)27-20(3,4)5)13-16(15)18(24)26-7-2/h8,10,12,15-16H,6-7,9,11,13H2,1-5H3. The van der Waals surface area contributed by atoms with E-state index in [0.717, 1.165) is 5.56 Å². The Balaban J connectivity index is 2.25. The van der Waals surface area contributed by atoms with Crippen molar-refractivity contribution in [1.29, 1.82) is 0 Å². The van der Waals surface area contributed by atoms with Gasteiger partial charge in [0.2, 0.25) is 0 Å². The highest BCUT2D eigenvalue weighted by Crippen LogP contribution is 2.34. The number of aryl methyl sites for hydroxylation is 1. The SMILES string of the molecule is CCOC(=O)C1CN(C(=O)OC(C)(C)C)CCC1c1ccn(CC)c(=O)c1. The Kier molecular flexibility index (Phi) is 6.68. The molecule has 0 saturated carbocycles. The van der Waals surface area contributed by atoms with E-state index in [-0.39, 0.29) is 30.6 Å². The minimum absolute atomic E-state index is 0.0906. The lowest BCUT2D eigenvalue weighted by molar-refractivity contribution is -0.150. The second-order valence-corrected chi connectivity index (χ2v) is 7.76. The number of aromatic nitrogens is 1. The number of carbonyl (C=O) groups excluding carboxylic acids is 2. The van der Waals surface area contributed by atoms with E-state index in [9.17, 15) is 14.4 Å². The van der Waals surface area contributed by atoms with Crippen LogP contribution in [0.1, 0.15) is 52.5 Å². The molecule has 27 heavy (non-hydrogen) atoms. The summed E-state index contributed by atoms with van der Waals surface area (Å²) in [5.41, 5.74) is 0.122. The van der Waals surface area contributed by atoms with Crippen LogP contribution in [0.2, 0.25) is 0 Å². The van der Waals surface area contributed by atoms with Crippen LogP contribution in [0.3, 0.4) is 0 Å². The number of amides is 1. The van der Waals surface area contributed by atoms with Crippen LogP contribution < -0.4 is 5.56 Å². The van der Waals surface area contributed by atoms with Crippen LogP contribution in [-0.2, 0) is 20.8 Å². The minimum atomic E-state index is -0.599. The van der Waals surface area contributed by atoms with Gasteiger partial charge in [-0.15, -0.1) is 0 Å². The van der Waals surface area contributed by atoms with Crippen LogP contribution in [0.5, 0.6) is 0 Å². The summed E-state index contributed by atoms with van der Waals surface area (Å²) >= 11 is 0. The van der Waals surface area contributed by atoms with Crippen LogP contribution in [-0.4, -0.2) is 46.8 Å². The second-order valence-electron chi connectivity index (χ2n) is 7.76. The molecule has 0 aliphatic carbocycles. The van der Waals surface area contributed by atoms with E-state index < -0.39 is 17.6 Å². The maximum absolute atomic E-state index is 12.6. The molecule has 150 valence electrons. The molecule has 2 rings (SSSR count). The summed E-state index contributed by atoms with van der Waals surface area (Å²) in [5.74, 6) is -1.04. The maximum atomic E-state index is 12.6. The molecule has 1 saturated heterocycles. The fraction of sp³-hybridized carbons (Fsp3) is 0.650. The summed E-state index contributed by atoms with van der Waals surface area (Å²) in [5, 5.41) is 0. The van der Waals surface area contributed by atoms with E-state index in [4.69, 9.17) is 9.47 Å². The Morgan fingerprint density at radius 3 is 2.52 bits per heavy atom. The molecule has 7 nitrogen and oxygen atoms in total. The first-order chi connectivity index (χ1) is 12.7. The molecule has 1 fully saturated rings. The average molecular weight is 378 g/mol. The van der Waals surface area contributed by atoms with E-state index in [1.165, 1.54) is 0 Å². The number of hydrogen-bond acceptors (Lipinski definition) is 5. The lowest BCUT2D eigenvalue weighted by Gasteiger charge is -2.38. The van der Waals surface area contributed by atoms with Gasteiger partial charge >= 0.3 is 12.1 Å². The molecule has 0 N–H and O–H groups in total. The fourth-order valence-electron chi connectivity index (χ4n) is 3.35. The topological polar surface area (TPSA) is 77.8 Å². The van der Waals surface area contributed by atoms with Crippen molar-refractivity contribution in [3.63, 3.8) is 0 Å². The zero-order chi connectivity index (χ0) is 20.2. The van der Waals surface area contributed by atoms with Gasteiger partial charge < -0.3 is 18.9 Å². The number of nitrogens with zero attached hydrogens (tertiary/aromatic N) is 2. The van der Waals surface area contributed by atoms with E-state index in [2.05, 4.69) is 0 Å². The van der Waals surface area contributed by atoms with E-state index in [1.807, 2.05) is 33.8 Å². The predicted octanol–water partition coefficient (Wildman–Crippen LogP) is 2.77. The molecule has 0 bridgehead atoms. The molecular weight excluding hydrogens is 348 g/mol. The number of carbonyl (C=O) groups is 2. The second kappa shape index (κ2) is 8.59. The highest BCUT2D eigenvalue weighted by atomic mass is 16.6. The van der Waals surface area contributed by atoms with Gasteiger partial charge in [-0.2, -0.15) is 0 Å². The molecule has 0 aromatic carbocycles. The van der Waals surface area contributed by atoms with Gasteiger partial charge in [0.25, 0.3) is 5.56 Å². The first-order valence-electron chi connectivity index (χ1n) is 9.51. The third-order valence-electron chi connectivity index (χ3n) is 4.64. The molecule has 0 spiro atoms. The van der Waals surface area contributed by atoms with Gasteiger partial charge in [-0.25, -0.2) is 4.79 Å². The van der Waals surface area contributed by atoms with Crippen LogP contribution in [0.25, 0.3) is 0 Å². The smallest absolute Gasteiger partial charge is 0.410 e. The lowest BCUT2D eigenvalue weighted by Crippen LogP contribution is -2.48. The van der Waals surface area contributed by atoms with Gasteiger partial charge in [-0.05, 0) is 52.7 Å². The first-order valence-corrected chi connectivity index (χ1v) is 9.51. The van der Waals surface area contributed by atoms with Crippen LogP contribution >= 0.6 is 0 Å². The molecule has 1 aromatic rings. The molecule has 1 aliphatic rings. The van der Waals surface area contributed by atoms with Gasteiger partial charge in [-0.3, -0.25) is 9.59 Å². The summed E-state index contributed by atoms with van der Waals surface area (Å²) in [6.45, 7) is 10.6. The Morgan fingerprint density at radius 1 is 1.26 bits per heavy atom. The quantitative estimate of drug-likeness (QED) is 0.753. The number of rotatable bonds is 4. The number of pyridine rings is 1. The monoisotopic (exact) mass is 378 g/mol. The van der Waals surface area contributed by atoms with E-state index in [0.29, 0.717) is 19.5 Å². The summed E-state index contributed by atoms with van der Waals surface area (Å²) in [6.07, 6.45) is 1.88. The molecule has 2 unspecified atom stereocenters. The summed E-state index contributed by atoms with van der Waals surface area (Å²) in [7, 11) is 0. The van der Waals surface area contributed by atoms with Crippen molar-refractivity contribution >= 4 is 12.1 Å². The Hall–Kier alpha value is -2.31. The third kappa shape index (κ3) is 5.34. The van der Waals surface area contributed by atoms with Gasteiger partial charge in [-0.1, -0.05) is 0 Å². The zero-order valence-corrected chi connectivity index (χ0v) is 16.9. The zero-order valence-electron chi connectivity index (χ0n) is 16.9. The van der Waals surface area contributed by atoms with Crippen molar-refractivity contribution in [3.05, 3.63) is 34.2 Å². The van der Waals surface area contributed by atoms with Crippen LogP contribution in [0.15, 0.2) is 23.1 Å². The maximum Gasteiger partial charge on any atom is 0.410 e. The molecule has 2 heterocycles. The van der Waals surface area contributed by atoms with Crippen molar-refractivity contribution < 1.29 is 19.1 Å². The molecule has 0 radical (unpaired) electrons. The Morgan fingerprint density at radius 2 is 1.96 bits per heavy atom. The fourth-order valence-corrected chi connectivity index (χ4v) is 3.35. The van der Waals surface area contributed by atoms with Crippen molar-refractivity contribution in [1.82, 2.24) is 9.47 Å². The number of ether oxygens (including phenoxy) is 2. The lowest BCUT2D eigenvalue weighted by atomic mass is 9.81. The van der Waals surface area contributed by atoms with Gasteiger partial charge in [0.15, 0.2) is 0 Å². The van der Waals surface area contributed by atoms with Gasteiger partial charge in [0.05, 0.1) is 12.5 Å². The number of piperidine rings is 1. The van der Waals surface area contributed by atoms with Crippen LogP contribution in [0.4, 0.5) is 4.79 Å². The predicted molar refractivity (Wildman–Crippen MR) is 102 cm³/mol. The number of likely N-dealkylation sites (tertiary alicyclic amines) is 1. The molecule has 1 aliphatic heterocycles. The third-order valence-corrected chi connectivity index (χ3v) is 4.64. The normalized spacial score (nSPS) is 20.3. The van der Waals surface area contributed by atoms with Crippen molar-refractivity contribution in [3.8, 4) is 0 Å². The molecular formula is C20H30N2O5. The molecule has 2 atom stereocenters. The number of esters is 1. The highest BCUT2D eigenvalue weighted by molar-refractivity contribution is 5.76. The van der Waals surface area contributed by atoms with Crippen molar-refractivity contribution in [2.75, 3.05) is 19.7 Å². The van der Waals surface area contributed by atoms with Crippen molar-refractivity contribution in [2.24, 2.45) is 5.92 Å². The van der Waals surface area contributed by atoms with Gasteiger partial charge in [0.1, 0.15) is 5.60 Å². The molecule has 1 aromatic heterocycles. The largest absolute Gasteiger partial charge is 0.466 e. The van der Waals surface area contributed by atoms with Crippen LogP contribution in [0, 0.1) is 5.92 Å². The van der Waals surface area contributed by atoms with Gasteiger partial charge in [0, 0.05) is 37.8 Å². The number of hydrogen-bond donors (Lipinski definition) is 0. The Labute approximate surface area is 160 Å². The van der Waals surface area contributed by atoms with Crippen molar-refractivity contribution in [2.45, 2.75) is 59.1 Å². The molecule has 7 heteroatoms. The first kappa shape index (κ1) is 21.0. The minimum Gasteiger partial charge on any atom is -0.466 e. The average Bonchev–Trinajstić information content (AvgIpc) is 2.60. The highest BCUT2D eigenvalue weighted by Gasteiger charge is 2.39. The summed E-state index contributed by atoms with van der Waals surface area (Å²) < 4.78 is 12.3.